The van der Waals surface area contributed by atoms with Gasteiger partial charge in [0.2, 0.25) is 11.8 Å². The zero-order chi connectivity index (χ0) is 22.4. The molecule has 2 amide bonds. The molecule has 0 spiro atoms. The van der Waals surface area contributed by atoms with Crippen LogP contribution < -0.4 is 4.90 Å². The summed E-state index contributed by atoms with van der Waals surface area (Å²) < 4.78 is 13.7. The summed E-state index contributed by atoms with van der Waals surface area (Å²) in [6.45, 7) is 1.98. The topological polar surface area (TPSA) is 80.5 Å². The van der Waals surface area contributed by atoms with Crippen molar-refractivity contribution in [2.75, 3.05) is 4.90 Å². The van der Waals surface area contributed by atoms with Crippen molar-refractivity contribution in [1.82, 2.24) is 0 Å². The molecule has 0 unspecified atom stereocenters. The second-order valence-electron chi connectivity index (χ2n) is 8.76. The Kier molecular flexibility index (Phi) is 3.59. The van der Waals surface area contributed by atoms with E-state index in [0.29, 0.717) is 0 Å². The highest BCUT2D eigenvalue weighted by molar-refractivity contribution is 6.24. The lowest BCUT2D eigenvalue weighted by Gasteiger charge is -2.52. The van der Waals surface area contributed by atoms with Gasteiger partial charge in [0.05, 0.1) is 22.8 Å². The Bertz CT molecular complexity index is 1320. The minimum Gasteiger partial charge on any atom is -0.274 e. The van der Waals surface area contributed by atoms with E-state index in [1.807, 2.05) is 55.5 Å². The zero-order valence-electron chi connectivity index (χ0n) is 17.0. The number of nitro groups is 1. The normalized spacial score (nSPS) is 27.2. The third-order valence-corrected chi connectivity index (χ3v) is 7.42. The van der Waals surface area contributed by atoms with E-state index in [2.05, 4.69) is 0 Å². The van der Waals surface area contributed by atoms with Gasteiger partial charge in [0.25, 0.3) is 5.69 Å². The maximum Gasteiger partial charge on any atom is 0.296 e. The van der Waals surface area contributed by atoms with Crippen molar-refractivity contribution in [2.24, 2.45) is 11.8 Å². The number of nitro benzene ring substituents is 1. The lowest BCUT2D eigenvalue weighted by atomic mass is 9.48. The van der Waals surface area contributed by atoms with Crippen molar-refractivity contribution < 1.29 is 18.9 Å². The summed E-state index contributed by atoms with van der Waals surface area (Å²) in [6.07, 6.45) is 0. The van der Waals surface area contributed by atoms with Crippen LogP contribution in [0.15, 0.2) is 66.7 Å². The van der Waals surface area contributed by atoms with E-state index in [-0.39, 0.29) is 11.6 Å². The molecular weight excluding hydrogens is 411 g/mol. The minimum absolute atomic E-state index is 0.183. The minimum atomic E-state index is -0.802. The molecule has 1 saturated heterocycles. The molecule has 158 valence electrons. The van der Waals surface area contributed by atoms with Gasteiger partial charge < -0.3 is 0 Å². The highest BCUT2D eigenvalue weighted by atomic mass is 19.1. The maximum absolute atomic E-state index is 13.8. The Labute approximate surface area is 182 Å². The van der Waals surface area contributed by atoms with E-state index in [1.54, 1.807) is 0 Å². The molecule has 6 nitrogen and oxygen atoms in total. The van der Waals surface area contributed by atoms with Gasteiger partial charge in [0.15, 0.2) is 0 Å². The van der Waals surface area contributed by atoms with Crippen molar-refractivity contribution in [3.05, 3.63) is 105 Å². The standard InChI is InChI=1S/C25H17FN2O4/c1-25-16-8-4-2-6-14(16)20(15-7-3-5-9-17(15)25)21-22(25)24(30)27(23(21)29)18-11-10-13(26)12-19(18)28(31)32/h2-12,20-22H,1H3/t20?,21-,22-,25?/m1/s1. The van der Waals surface area contributed by atoms with Gasteiger partial charge in [-0.15, -0.1) is 0 Å². The molecule has 0 radical (unpaired) electrons. The number of carbonyl (C=O) groups is 2. The highest BCUT2D eigenvalue weighted by Gasteiger charge is 2.66. The first-order valence-corrected chi connectivity index (χ1v) is 10.4. The average Bonchev–Trinajstić information content (AvgIpc) is 3.06. The third-order valence-electron chi connectivity index (χ3n) is 7.42. The number of anilines is 1. The monoisotopic (exact) mass is 428 g/mol. The summed E-state index contributed by atoms with van der Waals surface area (Å²) in [5.74, 6) is -3.46. The summed E-state index contributed by atoms with van der Waals surface area (Å²) in [7, 11) is 0. The quantitative estimate of drug-likeness (QED) is 0.346. The second kappa shape index (κ2) is 6.09. The van der Waals surface area contributed by atoms with Crippen molar-refractivity contribution in [2.45, 2.75) is 18.3 Å². The van der Waals surface area contributed by atoms with Crippen LogP contribution in [0.3, 0.4) is 0 Å². The number of hydrogen-bond acceptors (Lipinski definition) is 4. The number of rotatable bonds is 2. The summed E-state index contributed by atoms with van der Waals surface area (Å²) in [4.78, 5) is 39.3. The van der Waals surface area contributed by atoms with Crippen LogP contribution in [-0.2, 0) is 15.0 Å². The third kappa shape index (κ3) is 2.08. The van der Waals surface area contributed by atoms with Crippen molar-refractivity contribution in [3.63, 3.8) is 0 Å². The number of halogens is 1. The van der Waals surface area contributed by atoms with Gasteiger partial charge in [-0.3, -0.25) is 19.7 Å². The number of imide groups is 1. The molecule has 3 aliphatic carbocycles. The van der Waals surface area contributed by atoms with Crippen LogP contribution in [0.2, 0.25) is 0 Å². The molecule has 0 saturated carbocycles. The molecule has 0 N–H and O–H groups in total. The van der Waals surface area contributed by atoms with E-state index >= 15 is 0 Å². The Balaban J connectivity index is 1.61. The van der Waals surface area contributed by atoms with Crippen LogP contribution >= 0.6 is 0 Å². The van der Waals surface area contributed by atoms with Gasteiger partial charge in [-0.25, -0.2) is 9.29 Å². The molecule has 3 aromatic carbocycles. The van der Waals surface area contributed by atoms with Gasteiger partial charge >= 0.3 is 0 Å². The van der Waals surface area contributed by atoms with Crippen molar-refractivity contribution >= 4 is 23.2 Å². The number of carbonyl (C=O) groups excluding carboxylic acids is 2. The van der Waals surface area contributed by atoms with E-state index in [9.17, 15) is 24.1 Å². The molecule has 3 aromatic rings. The molecule has 2 atom stereocenters. The van der Waals surface area contributed by atoms with Crippen molar-refractivity contribution in [3.8, 4) is 0 Å². The number of nitrogens with zero attached hydrogens (tertiary/aromatic N) is 2. The van der Waals surface area contributed by atoms with Crippen LogP contribution in [-0.4, -0.2) is 16.7 Å². The molecule has 4 aliphatic rings. The van der Waals surface area contributed by atoms with Crippen LogP contribution in [0, 0.1) is 27.8 Å². The first kappa shape index (κ1) is 18.9. The SMILES string of the molecule is CC12c3ccccc3C(c3ccccc31)[C@H]1C(=O)N(c3ccc(F)cc3[N+](=O)[O-])C(=O)[C@@H]12. The fourth-order valence-electron chi connectivity index (χ4n) is 6.22. The number of amides is 2. The van der Waals surface area contributed by atoms with Gasteiger partial charge in [0, 0.05) is 11.3 Å². The van der Waals surface area contributed by atoms with Crippen LogP contribution in [0.4, 0.5) is 15.8 Å². The Morgan fingerprint density at radius 1 is 0.938 bits per heavy atom. The van der Waals surface area contributed by atoms with Gasteiger partial charge in [-0.1, -0.05) is 55.5 Å². The molecule has 7 rings (SSSR count). The maximum atomic E-state index is 13.8. The fourth-order valence-corrected chi connectivity index (χ4v) is 6.22. The average molecular weight is 428 g/mol. The Morgan fingerprint density at radius 3 is 2.12 bits per heavy atom. The summed E-state index contributed by atoms with van der Waals surface area (Å²) in [5, 5.41) is 11.6. The molecule has 1 aliphatic heterocycles. The van der Waals surface area contributed by atoms with Crippen LogP contribution in [0.25, 0.3) is 0 Å². The van der Waals surface area contributed by atoms with E-state index < -0.39 is 45.5 Å². The van der Waals surface area contributed by atoms with E-state index in [4.69, 9.17) is 0 Å². The molecular formula is C25H17FN2O4. The largest absolute Gasteiger partial charge is 0.296 e. The molecule has 1 fully saturated rings. The lowest BCUT2D eigenvalue weighted by molar-refractivity contribution is -0.384. The summed E-state index contributed by atoms with van der Waals surface area (Å²) >= 11 is 0. The summed E-state index contributed by atoms with van der Waals surface area (Å²) in [6, 6.07) is 18.6. The molecule has 0 aromatic heterocycles. The Morgan fingerprint density at radius 2 is 1.53 bits per heavy atom. The lowest BCUT2D eigenvalue weighted by Crippen LogP contribution is -2.51. The highest BCUT2D eigenvalue weighted by Crippen LogP contribution is 2.64. The molecule has 7 heteroatoms. The zero-order valence-corrected chi connectivity index (χ0v) is 17.0. The summed E-state index contributed by atoms with van der Waals surface area (Å²) in [5.41, 5.74) is 2.47. The predicted octanol–water partition coefficient (Wildman–Crippen LogP) is 4.30. The Hall–Kier alpha value is -3.87. The van der Waals surface area contributed by atoms with Crippen molar-refractivity contribution in [1.29, 1.82) is 0 Å². The smallest absolute Gasteiger partial charge is 0.274 e. The molecule has 1 heterocycles. The fraction of sp³-hybridized carbons (Fsp3) is 0.200. The second-order valence-corrected chi connectivity index (χ2v) is 8.76. The molecule has 32 heavy (non-hydrogen) atoms. The number of hydrogen-bond donors (Lipinski definition) is 0. The van der Waals surface area contributed by atoms with E-state index in [0.717, 1.165) is 45.4 Å². The van der Waals surface area contributed by atoms with Gasteiger partial charge in [-0.05, 0) is 34.4 Å². The van der Waals surface area contributed by atoms with Crippen LogP contribution in [0.1, 0.15) is 35.1 Å². The predicted molar refractivity (Wildman–Crippen MR) is 114 cm³/mol. The first-order chi connectivity index (χ1) is 15.4. The van der Waals surface area contributed by atoms with Gasteiger partial charge in [-0.2, -0.15) is 0 Å². The molecule has 2 bridgehead atoms. The first-order valence-electron chi connectivity index (χ1n) is 10.4. The number of benzene rings is 3. The van der Waals surface area contributed by atoms with E-state index in [1.165, 1.54) is 0 Å². The van der Waals surface area contributed by atoms with Crippen LogP contribution in [0.5, 0.6) is 0 Å². The van der Waals surface area contributed by atoms with Gasteiger partial charge in [0.1, 0.15) is 11.5 Å².